The molecule has 0 spiro atoms. The van der Waals surface area contributed by atoms with Gasteiger partial charge in [0.25, 0.3) is 0 Å². The smallest absolute Gasteiger partial charge is 0.146 e. The van der Waals surface area contributed by atoms with Crippen molar-refractivity contribution < 1.29 is 14.6 Å². The van der Waals surface area contributed by atoms with E-state index in [1.54, 1.807) is 13.2 Å². The molecule has 3 nitrogen and oxygen atoms in total. The van der Waals surface area contributed by atoms with Crippen molar-refractivity contribution in [2.45, 2.75) is 50.7 Å². The SMILES string of the molecule is C=CC[C@H](O)[C@H](OCOC)C1CCCCC1. The number of aliphatic hydroxyl groups is 1. The second kappa shape index (κ2) is 7.82. The maximum Gasteiger partial charge on any atom is 0.146 e. The number of aliphatic hydroxyl groups excluding tert-OH is 1. The van der Waals surface area contributed by atoms with Crippen molar-refractivity contribution >= 4 is 0 Å². The van der Waals surface area contributed by atoms with Crippen LogP contribution in [0, 0.1) is 5.92 Å². The molecule has 1 rings (SSSR count). The molecule has 0 aromatic rings. The quantitative estimate of drug-likeness (QED) is 0.537. The molecule has 94 valence electrons. The Morgan fingerprint density at radius 1 is 1.38 bits per heavy atom. The first-order valence-electron chi connectivity index (χ1n) is 6.19. The lowest BCUT2D eigenvalue weighted by Crippen LogP contribution is -2.37. The van der Waals surface area contributed by atoms with Crippen LogP contribution in [-0.2, 0) is 9.47 Å². The van der Waals surface area contributed by atoms with Crippen LogP contribution in [0.3, 0.4) is 0 Å². The summed E-state index contributed by atoms with van der Waals surface area (Å²) in [5.41, 5.74) is 0. The van der Waals surface area contributed by atoms with Crippen LogP contribution in [0.25, 0.3) is 0 Å². The normalized spacial score (nSPS) is 21.6. The van der Waals surface area contributed by atoms with E-state index >= 15 is 0 Å². The minimum atomic E-state index is -0.448. The van der Waals surface area contributed by atoms with Gasteiger partial charge < -0.3 is 14.6 Å². The zero-order valence-electron chi connectivity index (χ0n) is 10.2. The number of ether oxygens (including phenoxy) is 2. The second-order valence-corrected chi connectivity index (χ2v) is 4.53. The maximum absolute atomic E-state index is 10.0. The molecule has 1 aliphatic rings. The number of hydrogen-bond donors (Lipinski definition) is 1. The van der Waals surface area contributed by atoms with Crippen molar-refractivity contribution in [1.82, 2.24) is 0 Å². The van der Waals surface area contributed by atoms with Gasteiger partial charge in [0.05, 0.1) is 12.2 Å². The molecule has 0 aromatic carbocycles. The molecule has 2 atom stereocenters. The van der Waals surface area contributed by atoms with Gasteiger partial charge in [-0.15, -0.1) is 6.58 Å². The Morgan fingerprint density at radius 3 is 2.62 bits per heavy atom. The first-order chi connectivity index (χ1) is 7.79. The van der Waals surface area contributed by atoms with Crippen molar-refractivity contribution in [1.29, 1.82) is 0 Å². The summed E-state index contributed by atoms with van der Waals surface area (Å²) in [7, 11) is 1.61. The van der Waals surface area contributed by atoms with Crippen LogP contribution in [0.4, 0.5) is 0 Å². The van der Waals surface area contributed by atoms with Gasteiger partial charge in [0.2, 0.25) is 0 Å². The van der Waals surface area contributed by atoms with Crippen molar-refractivity contribution in [3.05, 3.63) is 12.7 Å². The highest BCUT2D eigenvalue weighted by atomic mass is 16.7. The van der Waals surface area contributed by atoms with Gasteiger partial charge in [0, 0.05) is 7.11 Å². The van der Waals surface area contributed by atoms with Gasteiger partial charge in [-0.1, -0.05) is 25.3 Å². The van der Waals surface area contributed by atoms with Crippen molar-refractivity contribution in [2.75, 3.05) is 13.9 Å². The molecule has 0 unspecified atom stereocenters. The highest BCUT2D eigenvalue weighted by Crippen LogP contribution is 2.30. The zero-order valence-corrected chi connectivity index (χ0v) is 10.2. The topological polar surface area (TPSA) is 38.7 Å². The Morgan fingerprint density at radius 2 is 2.06 bits per heavy atom. The summed E-state index contributed by atoms with van der Waals surface area (Å²) in [5, 5.41) is 10.0. The Hall–Kier alpha value is -0.380. The summed E-state index contributed by atoms with van der Waals surface area (Å²) in [6.45, 7) is 3.92. The maximum atomic E-state index is 10.0. The molecule has 16 heavy (non-hydrogen) atoms. The van der Waals surface area contributed by atoms with E-state index < -0.39 is 6.10 Å². The predicted molar refractivity (Wildman–Crippen MR) is 64.1 cm³/mol. The molecule has 3 heteroatoms. The van der Waals surface area contributed by atoms with Gasteiger partial charge in [-0.3, -0.25) is 0 Å². The Bertz CT molecular complexity index is 188. The van der Waals surface area contributed by atoms with Gasteiger partial charge in [0.15, 0.2) is 0 Å². The van der Waals surface area contributed by atoms with Crippen LogP contribution < -0.4 is 0 Å². The molecule has 0 radical (unpaired) electrons. The van der Waals surface area contributed by atoms with E-state index in [1.807, 2.05) is 0 Å². The standard InChI is InChI=1S/C13H24O3/c1-3-7-12(14)13(16-10-15-2)11-8-5-4-6-9-11/h3,11-14H,1,4-10H2,2H3/t12-,13+/m0/s1. The van der Waals surface area contributed by atoms with Crippen molar-refractivity contribution in [2.24, 2.45) is 5.92 Å². The van der Waals surface area contributed by atoms with Crippen molar-refractivity contribution in [3.8, 4) is 0 Å². The lowest BCUT2D eigenvalue weighted by atomic mass is 9.82. The molecular weight excluding hydrogens is 204 g/mol. The molecule has 0 aromatic heterocycles. The summed E-state index contributed by atoms with van der Waals surface area (Å²) in [4.78, 5) is 0. The van der Waals surface area contributed by atoms with Crippen molar-refractivity contribution in [3.63, 3.8) is 0 Å². The van der Waals surface area contributed by atoms with Gasteiger partial charge in [0.1, 0.15) is 6.79 Å². The average molecular weight is 228 g/mol. The van der Waals surface area contributed by atoms with Gasteiger partial charge in [-0.05, 0) is 25.2 Å². The van der Waals surface area contributed by atoms with Gasteiger partial charge in [-0.2, -0.15) is 0 Å². The Kier molecular flexibility index (Phi) is 6.69. The summed E-state index contributed by atoms with van der Waals surface area (Å²) >= 11 is 0. The van der Waals surface area contributed by atoms with E-state index in [0.717, 1.165) is 12.8 Å². The van der Waals surface area contributed by atoms with Crippen LogP contribution in [0.1, 0.15) is 38.5 Å². The molecular formula is C13H24O3. The second-order valence-electron chi connectivity index (χ2n) is 4.53. The van der Waals surface area contributed by atoms with E-state index in [2.05, 4.69) is 6.58 Å². The highest BCUT2D eigenvalue weighted by Gasteiger charge is 2.29. The van der Waals surface area contributed by atoms with Crippen LogP contribution in [0.15, 0.2) is 12.7 Å². The molecule has 0 bridgehead atoms. The number of hydrogen-bond acceptors (Lipinski definition) is 3. The predicted octanol–water partition coefficient (Wildman–Crippen LogP) is 2.49. The molecule has 1 fully saturated rings. The van der Waals surface area contributed by atoms with E-state index in [1.165, 1.54) is 19.3 Å². The summed E-state index contributed by atoms with van der Waals surface area (Å²) < 4.78 is 10.6. The fourth-order valence-electron chi connectivity index (χ4n) is 2.48. The van der Waals surface area contributed by atoms with E-state index in [4.69, 9.17) is 9.47 Å². The molecule has 1 saturated carbocycles. The van der Waals surface area contributed by atoms with E-state index in [-0.39, 0.29) is 12.9 Å². The fraction of sp³-hybridized carbons (Fsp3) is 0.846. The van der Waals surface area contributed by atoms with Crippen LogP contribution in [-0.4, -0.2) is 31.2 Å². The van der Waals surface area contributed by atoms with E-state index in [9.17, 15) is 5.11 Å². The first kappa shape index (κ1) is 13.7. The largest absolute Gasteiger partial charge is 0.390 e. The average Bonchev–Trinajstić information content (AvgIpc) is 2.31. The molecule has 1 N–H and O–H groups in total. The summed E-state index contributed by atoms with van der Waals surface area (Å²) in [6, 6.07) is 0. The van der Waals surface area contributed by atoms with Crippen LogP contribution >= 0.6 is 0 Å². The third-order valence-electron chi connectivity index (χ3n) is 3.28. The number of rotatable bonds is 7. The molecule has 0 heterocycles. The summed E-state index contributed by atoms with van der Waals surface area (Å²) in [5.74, 6) is 0.471. The highest BCUT2D eigenvalue weighted by molar-refractivity contribution is 4.84. The van der Waals surface area contributed by atoms with Crippen LogP contribution in [0.5, 0.6) is 0 Å². The first-order valence-corrected chi connectivity index (χ1v) is 6.19. The number of methoxy groups -OCH3 is 1. The molecule has 0 amide bonds. The minimum absolute atomic E-state index is 0.0988. The fourth-order valence-corrected chi connectivity index (χ4v) is 2.48. The van der Waals surface area contributed by atoms with Gasteiger partial charge in [-0.25, -0.2) is 0 Å². The molecule has 0 saturated heterocycles. The molecule has 0 aliphatic heterocycles. The monoisotopic (exact) mass is 228 g/mol. The van der Waals surface area contributed by atoms with Gasteiger partial charge >= 0.3 is 0 Å². The Labute approximate surface area is 98.4 Å². The third-order valence-corrected chi connectivity index (χ3v) is 3.28. The zero-order chi connectivity index (χ0) is 11.8. The summed E-state index contributed by atoms with van der Waals surface area (Å²) in [6.07, 6.45) is 7.91. The molecule has 1 aliphatic carbocycles. The lowest BCUT2D eigenvalue weighted by Gasteiger charge is -2.32. The minimum Gasteiger partial charge on any atom is -0.390 e. The lowest BCUT2D eigenvalue weighted by molar-refractivity contribution is -0.136. The Balaban J connectivity index is 2.49. The van der Waals surface area contributed by atoms with Crippen LogP contribution in [0.2, 0.25) is 0 Å². The third kappa shape index (κ3) is 4.24. The van der Waals surface area contributed by atoms with E-state index in [0.29, 0.717) is 12.3 Å².